The van der Waals surface area contributed by atoms with Crippen molar-refractivity contribution in [1.82, 2.24) is 0 Å². The van der Waals surface area contributed by atoms with Crippen molar-refractivity contribution in [3.63, 3.8) is 0 Å². The standard InChI is InChI=1S/C13H18O9/c14-3-6(16)1-8-9(13(20)21)2-10(18)11(19)12(8)22-5-7(17)4-15/h2,6-7,14-19H,1,3-5H2,(H,20,21). The maximum Gasteiger partial charge on any atom is 0.336 e. The smallest absolute Gasteiger partial charge is 0.336 e. The first kappa shape index (κ1) is 18.0. The zero-order chi connectivity index (χ0) is 16.9. The summed E-state index contributed by atoms with van der Waals surface area (Å²) in [6, 6.07) is 0.784. The minimum Gasteiger partial charge on any atom is -0.504 e. The van der Waals surface area contributed by atoms with Crippen LogP contribution in [0.25, 0.3) is 0 Å². The van der Waals surface area contributed by atoms with Crippen LogP contribution in [0.4, 0.5) is 0 Å². The molecule has 0 radical (unpaired) electrons. The SMILES string of the molecule is O=C(O)c1cc(O)c(O)c(OCC(O)CO)c1CC(O)CO. The van der Waals surface area contributed by atoms with Crippen molar-refractivity contribution < 1.29 is 45.3 Å². The highest BCUT2D eigenvalue weighted by Gasteiger charge is 2.25. The maximum absolute atomic E-state index is 11.2. The lowest BCUT2D eigenvalue weighted by molar-refractivity contribution is 0.0513. The van der Waals surface area contributed by atoms with Crippen molar-refractivity contribution in [2.75, 3.05) is 19.8 Å². The quantitative estimate of drug-likeness (QED) is 0.280. The molecule has 7 N–H and O–H groups in total. The Kier molecular flexibility index (Phi) is 6.38. The summed E-state index contributed by atoms with van der Waals surface area (Å²) in [5, 5.41) is 64.8. The highest BCUT2D eigenvalue weighted by molar-refractivity contribution is 5.91. The Labute approximate surface area is 125 Å². The van der Waals surface area contributed by atoms with Gasteiger partial charge < -0.3 is 40.5 Å². The summed E-state index contributed by atoms with van der Waals surface area (Å²) < 4.78 is 5.06. The molecule has 0 amide bonds. The van der Waals surface area contributed by atoms with E-state index in [4.69, 9.17) is 20.1 Å². The van der Waals surface area contributed by atoms with Crippen LogP contribution in [-0.2, 0) is 6.42 Å². The highest BCUT2D eigenvalue weighted by Crippen LogP contribution is 2.41. The summed E-state index contributed by atoms with van der Waals surface area (Å²) in [4.78, 5) is 11.2. The average molecular weight is 318 g/mol. The normalized spacial score (nSPS) is 13.6. The Bertz CT molecular complexity index is 529. The first-order chi connectivity index (χ1) is 10.3. The Balaban J connectivity index is 3.31. The number of aromatic hydroxyl groups is 2. The summed E-state index contributed by atoms with van der Waals surface area (Å²) >= 11 is 0. The molecule has 9 heteroatoms. The van der Waals surface area contributed by atoms with E-state index in [-0.39, 0.29) is 12.0 Å². The van der Waals surface area contributed by atoms with Crippen LogP contribution in [0.5, 0.6) is 17.2 Å². The molecule has 0 heterocycles. The molecular weight excluding hydrogens is 300 g/mol. The van der Waals surface area contributed by atoms with E-state index in [1.54, 1.807) is 0 Å². The summed E-state index contributed by atoms with van der Waals surface area (Å²) in [5.74, 6) is -3.41. The number of carboxylic acid groups (broad SMARTS) is 1. The predicted molar refractivity (Wildman–Crippen MR) is 72.1 cm³/mol. The van der Waals surface area contributed by atoms with Gasteiger partial charge in [-0.25, -0.2) is 4.79 Å². The van der Waals surface area contributed by atoms with Crippen LogP contribution in [0, 0.1) is 0 Å². The van der Waals surface area contributed by atoms with Crippen LogP contribution in [0.1, 0.15) is 15.9 Å². The average Bonchev–Trinajstić information content (AvgIpc) is 2.49. The molecule has 2 unspecified atom stereocenters. The van der Waals surface area contributed by atoms with E-state index in [1.165, 1.54) is 0 Å². The van der Waals surface area contributed by atoms with Crippen LogP contribution in [0.2, 0.25) is 0 Å². The first-order valence-corrected chi connectivity index (χ1v) is 6.33. The molecule has 0 aromatic heterocycles. The van der Waals surface area contributed by atoms with E-state index in [0.717, 1.165) is 6.07 Å². The molecule has 0 aliphatic heterocycles. The van der Waals surface area contributed by atoms with Crippen molar-refractivity contribution in [2.45, 2.75) is 18.6 Å². The van der Waals surface area contributed by atoms with E-state index >= 15 is 0 Å². The topological polar surface area (TPSA) is 168 Å². The number of phenolic OH excluding ortho intramolecular Hbond substituents is 2. The molecule has 2 atom stereocenters. The number of aliphatic hydroxyl groups is 4. The number of phenols is 2. The van der Waals surface area contributed by atoms with Crippen molar-refractivity contribution in [3.8, 4) is 17.2 Å². The van der Waals surface area contributed by atoms with Gasteiger partial charge in [0.1, 0.15) is 12.7 Å². The van der Waals surface area contributed by atoms with E-state index in [9.17, 15) is 25.2 Å². The second-order valence-electron chi connectivity index (χ2n) is 4.59. The third-order valence-corrected chi connectivity index (χ3v) is 2.85. The molecule has 1 aromatic rings. The van der Waals surface area contributed by atoms with Crippen LogP contribution in [0.15, 0.2) is 6.07 Å². The van der Waals surface area contributed by atoms with E-state index in [0.29, 0.717) is 0 Å². The summed E-state index contributed by atoms with van der Waals surface area (Å²) in [6.07, 6.45) is -2.96. The first-order valence-electron chi connectivity index (χ1n) is 6.33. The molecule has 22 heavy (non-hydrogen) atoms. The van der Waals surface area contributed by atoms with E-state index in [1.807, 2.05) is 0 Å². The van der Waals surface area contributed by atoms with Crippen LogP contribution < -0.4 is 4.74 Å². The molecule has 0 aliphatic rings. The molecular formula is C13H18O9. The minimum absolute atomic E-state index is 0.158. The van der Waals surface area contributed by atoms with Crippen LogP contribution in [0.3, 0.4) is 0 Å². The fraction of sp³-hybridized carbons (Fsp3) is 0.462. The Morgan fingerprint density at radius 1 is 1.14 bits per heavy atom. The zero-order valence-electron chi connectivity index (χ0n) is 11.5. The summed E-state index contributed by atoms with van der Waals surface area (Å²) in [7, 11) is 0. The van der Waals surface area contributed by atoms with E-state index < -0.39 is 60.8 Å². The third-order valence-electron chi connectivity index (χ3n) is 2.85. The van der Waals surface area contributed by atoms with Crippen molar-refractivity contribution in [1.29, 1.82) is 0 Å². The van der Waals surface area contributed by atoms with Gasteiger partial charge in [0.15, 0.2) is 11.5 Å². The molecule has 9 nitrogen and oxygen atoms in total. The van der Waals surface area contributed by atoms with Gasteiger partial charge in [0.05, 0.1) is 24.9 Å². The number of rotatable bonds is 8. The fourth-order valence-corrected chi connectivity index (χ4v) is 1.76. The molecule has 0 fully saturated rings. The van der Waals surface area contributed by atoms with Gasteiger partial charge in [-0.3, -0.25) is 0 Å². The second-order valence-corrected chi connectivity index (χ2v) is 4.59. The number of carboxylic acids is 1. The highest BCUT2D eigenvalue weighted by atomic mass is 16.5. The van der Waals surface area contributed by atoms with Crippen LogP contribution >= 0.6 is 0 Å². The molecule has 0 saturated heterocycles. The van der Waals surface area contributed by atoms with Crippen LogP contribution in [-0.4, -0.2) is 73.7 Å². The Morgan fingerprint density at radius 3 is 2.23 bits per heavy atom. The van der Waals surface area contributed by atoms with Crippen molar-refractivity contribution >= 4 is 5.97 Å². The van der Waals surface area contributed by atoms with Gasteiger partial charge >= 0.3 is 5.97 Å². The Hall–Kier alpha value is -2.07. The summed E-state index contributed by atoms with van der Waals surface area (Å²) in [6.45, 7) is -1.76. The molecule has 1 rings (SSSR count). The number of carbonyl (C=O) groups is 1. The number of ether oxygens (including phenoxy) is 1. The fourth-order valence-electron chi connectivity index (χ4n) is 1.76. The van der Waals surface area contributed by atoms with Crippen molar-refractivity contribution in [3.05, 3.63) is 17.2 Å². The molecule has 0 bridgehead atoms. The lowest BCUT2D eigenvalue weighted by Crippen LogP contribution is -2.23. The van der Waals surface area contributed by atoms with Gasteiger partial charge in [-0.1, -0.05) is 0 Å². The number of aromatic carboxylic acids is 1. The largest absolute Gasteiger partial charge is 0.504 e. The van der Waals surface area contributed by atoms with E-state index in [2.05, 4.69) is 0 Å². The molecule has 124 valence electrons. The van der Waals surface area contributed by atoms with Crippen molar-refractivity contribution in [2.24, 2.45) is 0 Å². The summed E-state index contributed by atoms with van der Waals surface area (Å²) in [5.41, 5.74) is -0.592. The van der Waals surface area contributed by atoms with Gasteiger partial charge in [0.25, 0.3) is 0 Å². The maximum atomic E-state index is 11.2. The molecule has 1 aromatic carbocycles. The number of aliphatic hydroxyl groups excluding tert-OH is 4. The van der Waals surface area contributed by atoms with Gasteiger partial charge in [0.2, 0.25) is 5.75 Å². The number of hydrogen-bond acceptors (Lipinski definition) is 8. The monoisotopic (exact) mass is 318 g/mol. The predicted octanol–water partition coefficient (Wildman–Crippen LogP) is -1.58. The van der Waals surface area contributed by atoms with Gasteiger partial charge in [-0.15, -0.1) is 0 Å². The minimum atomic E-state index is -1.44. The second kappa shape index (κ2) is 7.80. The lowest BCUT2D eigenvalue weighted by Gasteiger charge is -2.19. The number of hydrogen-bond donors (Lipinski definition) is 7. The molecule has 0 spiro atoms. The lowest BCUT2D eigenvalue weighted by atomic mass is 9.99. The Morgan fingerprint density at radius 2 is 1.73 bits per heavy atom. The van der Waals surface area contributed by atoms with Gasteiger partial charge in [-0.05, 0) is 6.07 Å². The van der Waals surface area contributed by atoms with Gasteiger partial charge in [0, 0.05) is 12.0 Å². The third kappa shape index (κ3) is 4.21. The van der Waals surface area contributed by atoms with Gasteiger partial charge in [-0.2, -0.15) is 0 Å². The molecule has 0 saturated carbocycles. The molecule has 0 aliphatic carbocycles. The number of benzene rings is 1. The zero-order valence-corrected chi connectivity index (χ0v) is 11.5.